The van der Waals surface area contributed by atoms with Gasteiger partial charge in [-0.3, -0.25) is 4.68 Å². The number of nitrogens with zero attached hydrogens (tertiary/aromatic N) is 3. The molecule has 6 heteroatoms. The van der Waals surface area contributed by atoms with E-state index in [1.165, 1.54) is 0 Å². The molecule has 0 amide bonds. The third-order valence-corrected chi connectivity index (χ3v) is 4.53. The summed E-state index contributed by atoms with van der Waals surface area (Å²) in [5, 5.41) is 5.97. The van der Waals surface area contributed by atoms with Crippen LogP contribution in [0.3, 0.4) is 0 Å². The topological polar surface area (TPSA) is 30.7 Å². The third-order valence-electron chi connectivity index (χ3n) is 2.32. The maximum absolute atomic E-state index is 5.79. The minimum absolute atomic E-state index is 0.659. The molecular weight excluding hydrogens is 322 g/mol. The van der Waals surface area contributed by atoms with Crippen molar-refractivity contribution in [2.24, 2.45) is 7.05 Å². The van der Waals surface area contributed by atoms with Gasteiger partial charge in [0.2, 0.25) is 0 Å². The van der Waals surface area contributed by atoms with E-state index >= 15 is 0 Å². The van der Waals surface area contributed by atoms with E-state index in [4.69, 9.17) is 11.6 Å². The van der Waals surface area contributed by atoms with Gasteiger partial charge in [-0.05, 0) is 35.0 Å². The standard InChI is InChI=1S/C11H11BrClN3S/c1-7-11(12)9(16(2)15-7)6-17-10-4-3-8(13)5-14-10/h3-5H,6H2,1-2H3. The number of pyridine rings is 1. The van der Waals surface area contributed by atoms with Crippen molar-refractivity contribution in [1.82, 2.24) is 14.8 Å². The lowest BCUT2D eigenvalue weighted by Crippen LogP contribution is -1.96. The normalized spacial score (nSPS) is 10.8. The van der Waals surface area contributed by atoms with Crippen molar-refractivity contribution in [2.75, 3.05) is 0 Å². The fourth-order valence-electron chi connectivity index (χ4n) is 1.43. The Kier molecular flexibility index (Phi) is 4.12. The van der Waals surface area contributed by atoms with Gasteiger partial charge in [-0.25, -0.2) is 4.98 Å². The average Bonchev–Trinajstić information content (AvgIpc) is 2.54. The number of thioether (sulfide) groups is 1. The van der Waals surface area contributed by atoms with Crippen LogP contribution in [0, 0.1) is 6.92 Å². The zero-order valence-corrected chi connectivity index (χ0v) is 12.6. The molecule has 2 aromatic heterocycles. The Morgan fingerprint density at radius 2 is 2.24 bits per heavy atom. The van der Waals surface area contributed by atoms with Crippen molar-refractivity contribution in [2.45, 2.75) is 17.7 Å². The number of aryl methyl sites for hydroxylation is 2. The number of aromatic nitrogens is 3. The first kappa shape index (κ1) is 12.9. The van der Waals surface area contributed by atoms with Gasteiger partial charge in [-0.2, -0.15) is 5.10 Å². The summed E-state index contributed by atoms with van der Waals surface area (Å²) in [7, 11) is 1.95. The number of hydrogen-bond donors (Lipinski definition) is 0. The van der Waals surface area contributed by atoms with Gasteiger partial charge >= 0.3 is 0 Å². The molecule has 0 atom stereocenters. The molecule has 0 aliphatic heterocycles. The SMILES string of the molecule is Cc1nn(C)c(CSc2ccc(Cl)cn2)c1Br. The van der Waals surface area contributed by atoms with E-state index in [1.807, 2.05) is 30.8 Å². The molecule has 0 fully saturated rings. The van der Waals surface area contributed by atoms with Gasteiger partial charge in [0, 0.05) is 19.0 Å². The van der Waals surface area contributed by atoms with Crippen molar-refractivity contribution in [3.63, 3.8) is 0 Å². The molecule has 0 unspecified atom stereocenters. The Morgan fingerprint density at radius 3 is 2.76 bits per heavy atom. The zero-order valence-electron chi connectivity index (χ0n) is 9.44. The Balaban J connectivity index is 2.09. The molecule has 0 radical (unpaired) electrons. The highest BCUT2D eigenvalue weighted by molar-refractivity contribution is 9.10. The maximum Gasteiger partial charge on any atom is 0.0964 e. The molecule has 3 nitrogen and oxygen atoms in total. The molecule has 0 aliphatic carbocycles. The molecule has 0 saturated carbocycles. The van der Waals surface area contributed by atoms with Gasteiger partial charge in [0.1, 0.15) is 0 Å². The Bertz CT molecular complexity index is 524. The van der Waals surface area contributed by atoms with Crippen LogP contribution in [0.5, 0.6) is 0 Å². The molecular formula is C11H11BrClN3S. The summed E-state index contributed by atoms with van der Waals surface area (Å²) in [5.41, 5.74) is 2.16. The fraction of sp³-hybridized carbons (Fsp3) is 0.273. The van der Waals surface area contributed by atoms with E-state index in [0.29, 0.717) is 5.02 Å². The van der Waals surface area contributed by atoms with Gasteiger partial charge in [-0.15, -0.1) is 11.8 Å². The van der Waals surface area contributed by atoms with Gasteiger partial charge in [-0.1, -0.05) is 11.6 Å². The molecule has 0 saturated heterocycles. The van der Waals surface area contributed by atoms with Gasteiger partial charge in [0.15, 0.2) is 0 Å². The van der Waals surface area contributed by atoms with Crippen LogP contribution in [0.1, 0.15) is 11.4 Å². The van der Waals surface area contributed by atoms with E-state index < -0.39 is 0 Å². The average molecular weight is 333 g/mol. The Labute approximate surface area is 118 Å². The van der Waals surface area contributed by atoms with Crippen molar-refractivity contribution in [1.29, 1.82) is 0 Å². The summed E-state index contributed by atoms with van der Waals surface area (Å²) < 4.78 is 2.96. The smallest absolute Gasteiger partial charge is 0.0964 e. The number of rotatable bonds is 3. The van der Waals surface area contributed by atoms with E-state index in [1.54, 1.807) is 18.0 Å². The van der Waals surface area contributed by atoms with E-state index in [-0.39, 0.29) is 0 Å². The summed E-state index contributed by atoms with van der Waals surface area (Å²) in [6.07, 6.45) is 1.66. The van der Waals surface area contributed by atoms with Crippen molar-refractivity contribution in [3.05, 3.63) is 39.2 Å². The molecule has 2 rings (SSSR count). The number of hydrogen-bond acceptors (Lipinski definition) is 3. The highest BCUT2D eigenvalue weighted by Gasteiger charge is 2.10. The largest absolute Gasteiger partial charge is 0.270 e. The molecule has 0 spiro atoms. The van der Waals surface area contributed by atoms with E-state index in [9.17, 15) is 0 Å². The van der Waals surface area contributed by atoms with E-state index in [2.05, 4.69) is 26.0 Å². The van der Waals surface area contributed by atoms with Crippen LogP contribution in [-0.2, 0) is 12.8 Å². The van der Waals surface area contributed by atoms with Crippen LogP contribution in [0.15, 0.2) is 27.8 Å². The van der Waals surface area contributed by atoms with Gasteiger partial charge < -0.3 is 0 Å². The first-order valence-electron chi connectivity index (χ1n) is 5.00. The molecule has 0 N–H and O–H groups in total. The predicted octanol–water partition coefficient (Wildman–Crippen LogP) is 3.83. The summed E-state index contributed by atoms with van der Waals surface area (Å²) in [4.78, 5) is 4.25. The second kappa shape index (κ2) is 5.42. The van der Waals surface area contributed by atoms with Crippen LogP contribution >= 0.6 is 39.3 Å². The van der Waals surface area contributed by atoms with Crippen LogP contribution in [0.2, 0.25) is 5.02 Å². The van der Waals surface area contributed by atoms with Crippen molar-refractivity contribution >= 4 is 39.3 Å². The van der Waals surface area contributed by atoms with Gasteiger partial charge in [0.05, 0.1) is 25.9 Å². The lowest BCUT2D eigenvalue weighted by molar-refractivity contribution is 0.727. The van der Waals surface area contributed by atoms with Crippen LogP contribution in [-0.4, -0.2) is 14.8 Å². The second-order valence-electron chi connectivity index (χ2n) is 3.57. The monoisotopic (exact) mass is 331 g/mol. The predicted molar refractivity (Wildman–Crippen MR) is 74.5 cm³/mol. The van der Waals surface area contributed by atoms with Gasteiger partial charge in [0.25, 0.3) is 0 Å². The molecule has 2 heterocycles. The lowest BCUT2D eigenvalue weighted by Gasteiger charge is -2.02. The summed E-state index contributed by atoms with van der Waals surface area (Å²) in [6, 6.07) is 3.77. The van der Waals surface area contributed by atoms with Crippen molar-refractivity contribution < 1.29 is 0 Å². The highest BCUT2D eigenvalue weighted by atomic mass is 79.9. The van der Waals surface area contributed by atoms with Crippen LogP contribution < -0.4 is 0 Å². The molecule has 90 valence electrons. The molecule has 0 aliphatic rings. The highest BCUT2D eigenvalue weighted by Crippen LogP contribution is 2.27. The fourth-order valence-corrected chi connectivity index (χ4v) is 3.11. The first-order chi connectivity index (χ1) is 8.08. The Morgan fingerprint density at radius 1 is 1.47 bits per heavy atom. The maximum atomic E-state index is 5.79. The molecule has 2 aromatic rings. The second-order valence-corrected chi connectivity index (χ2v) is 5.80. The third kappa shape index (κ3) is 3.03. The molecule has 0 aromatic carbocycles. The van der Waals surface area contributed by atoms with Crippen molar-refractivity contribution in [3.8, 4) is 0 Å². The molecule has 17 heavy (non-hydrogen) atoms. The van der Waals surface area contributed by atoms with Crippen LogP contribution in [0.4, 0.5) is 0 Å². The number of halogens is 2. The minimum atomic E-state index is 0.659. The Hall–Kier alpha value is -0.520. The lowest BCUT2D eigenvalue weighted by atomic mass is 10.4. The quantitative estimate of drug-likeness (QED) is 0.800. The molecule has 0 bridgehead atoms. The first-order valence-corrected chi connectivity index (χ1v) is 7.16. The summed E-state index contributed by atoms with van der Waals surface area (Å²) in [5.74, 6) is 0.826. The summed E-state index contributed by atoms with van der Waals surface area (Å²) >= 11 is 11.0. The zero-order chi connectivity index (χ0) is 12.4. The van der Waals surface area contributed by atoms with E-state index in [0.717, 1.165) is 26.6 Å². The minimum Gasteiger partial charge on any atom is -0.270 e. The van der Waals surface area contributed by atoms with Crippen LogP contribution in [0.25, 0.3) is 0 Å². The summed E-state index contributed by atoms with van der Waals surface area (Å²) in [6.45, 7) is 1.98.